The minimum absolute atomic E-state index is 0.0276. The Morgan fingerprint density at radius 1 is 0.394 bits per heavy atom. The molecule has 4 aliphatic carbocycles. The van der Waals surface area contributed by atoms with Gasteiger partial charge in [-0.25, -0.2) is 0 Å². The number of hydrogen-bond acceptors (Lipinski definition) is 8. The van der Waals surface area contributed by atoms with E-state index in [0.717, 1.165) is 103 Å². The summed E-state index contributed by atoms with van der Waals surface area (Å²) < 4.78 is 78.7. The molecule has 0 heterocycles. The van der Waals surface area contributed by atoms with E-state index in [4.69, 9.17) is 5.65 Å². The topological polar surface area (TPSA) is 105 Å². The minimum atomic E-state index is -5.21. The maximum atomic E-state index is 13.4. The van der Waals surface area contributed by atoms with Crippen LogP contribution in [0.3, 0.4) is 0 Å². The molecule has 0 N–H and O–H groups in total. The molecule has 4 aliphatic rings. The average Bonchev–Trinajstić information content (AvgIpc) is 3.61. The fourth-order valence-electron chi connectivity index (χ4n) is 5.60. The van der Waals surface area contributed by atoms with Crippen LogP contribution in [0.1, 0.15) is 103 Å². The van der Waals surface area contributed by atoms with Crippen molar-refractivity contribution < 1.29 is 18.0 Å². The van der Waals surface area contributed by atoms with Gasteiger partial charge in [0.05, 0.1) is 0 Å². The Bertz CT molecular complexity index is 615. The summed E-state index contributed by atoms with van der Waals surface area (Å²) in [5.41, 5.74) is 0. The predicted molar refractivity (Wildman–Crippen MR) is 125 cm³/mol. The molecule has 0 aromatic carbocycles. The number of hydrogen-bond donors (Lipinski definition) is 0. The van der Waals surface area contributed by atoms with E-state index in [1.54, 1.807) is 0 Å². The van der Waals surface area contributed by atoms with E-state index < -0.39 is 101 Å². The van der Waals surface area contributed by atoms with Gasteiger partial charge in [-0.3, -0.25) is 0 Å². The van der Waals surface area contributed by atoms with E-state index in [0.29, 0.717) is 0 Å². The number of rotatable bonds is 12. The van der Waals surface area contributed by atoms with Gasteiger partial charge in [0.15, 0.2) is 0 Å². The molecular weight excluding hydrogens is 962 g/mol. The first kappa shape index (κ1) is 29.0. The quantitative estimate of drug-likeness (QED) is 0.254. The van der Waals surface area contributed by atoms with Crippen LogP contribution >= 0.6 is 0 Å². The summed E-state index contributed by atoms with van der Waals surface area (Å²) >= 11 is -19.9. The van der Waals surface area contributed by atoms with Gasteiger partial charge in [-0.15, -0.1) is 0 Å². The van der Waals surface area contributed by atoms with E-state index in [1.807, 2.05) is 0 Å². The molecule has 0 spiro atoms. The molecule has 184 valence electrons. The van der Waals surface area contributed by atoms with Gasteiger partial charge in [0.1, 0.15) is 0 Å². The van der Waals surface area contributed by atoms with Crippen molar-refractivity contribution in [2.75, 3.05) is 0 Å². The van der Waals surface area contributed by atoms with Gasteiger partial charge in [0.25, 0.3) is 0 Å². The molecular formula is C20H36O8Sn5. The second-order valence-corrected chi connectivity index (χ2v) is 47.5. The van der Waals surface area contributed by atoms with E-state index >= 15 is 0 Å². The molecule has 0 amide bonds. The van der Waals surface area contributed by atoms with Crippen LogP contribution in [0, 0.1) is 0 Å². The zero-order chi connectivity index (χ0) is 23.3. The van der Waals surface area contributed by atoms with E-state index in [9.17, 15) is 12.3 Å². The molecule has 0 aromatic heterocycles. The van der Waals surface area contributed by atoms with Crippen molar-refractivity contribution in [1.29, 1.82) is 0 Å². The van der Waals surface area contributed by atoms with Gasteiger partial charge >= 0.3 is 237 Å². The molecule has 0 aliphatic heterocycles. The van der Waals surface area contributed by atoms with E-state index in [1.165, 1.54) is 0 Å². The first-order chi connectivity index (χ1) is 16.0. The molecule has 13 heteroatoms. The van der Waals surface area contributed by atoms with Gasteiger partial charge in [-0.05, 0) is 0 Å². The van der Waals surface area contributed by atoms with Crippen LogP contribution < -0.4 is 0 Å². The van der Waals surface area contributed by atoms with Gasteiger partial charge in [-0.2, -0.15) is 0 Å². The van der Waals surface area contributed by atoms with Crippen molar-refractivity contribution in [2.45, 2.75) is 118 Å². The molecule has 0 saturated heterocycles. The molecule has 0 aromatic rings. The zero-order valence-corrected chi connectivity index (χ0v) is 33.7. The molecule has 0 atom stereocenters. The van der Waals surface area contributed by atoms with Crippen molar-refractivity contribution >= 4 is 101 Å². The molecule has 0 bridgehead atoms. The summed E-state index contributed by atoms with van der Waals surface area (Å²) in [7, 11) is 0. The summed E-state index contributed by atoms with van der Waals surface area (Å²) in [4.78, 5) is 0. The molecule has 4 fully saturated rings. The molecule has 8 nitrogen and oxygen atoms in total. The van der Waals surface area contributed by atoms with Crippen molar-refractivity contribution in [3.63, 3.8) is 0 Å². The first-order valence-electron chi connectivity index (χ1n) is 12.9. The molecule has 4 saturated carbocycles. The van der Waals surface area contributed by atoms with E-state index in [2.05, 4.69) is 0 Å². The van der Waals surface area contributed by atoms with Crippen LogP contribution in [0.15, 0.2) is 0 Å². The van der Waals surface area contributed by atoms with Crippen molar-refractivity contribution in [3.05, 3.63) is 0 Å². The van der Waals surface area contributed by atoms with Crippen molar-refractivity contribution in [2.24, 2.45) is 0 Å². The normalized spacial score (nSPS) is 23.5. The van der Waals surface area contributed by atoms with Crippen LogP contribution in [0.5, 0.6) is 0 Å². The van der Waals surface area contributed by atoms with Crippen molar-refractivity contribution in [3.8, 4) is 0 Å². The standard InChI is InChI=1S/4C5H9.8O.5Sn/c4*1-2-4-5-3-1;;;;;;;;;;;;;/h4*1H,2-5H2;;;;;;;;;;;;;. The van der Waals surface area contributed by atoms with Crippen LogP contribution in [0.4, 0.5) is 0 Å². The molecule has 0 radical (unpaired) electrons. The van der Waals surface area contributed by atoms with Crippen LogP contribution in [-0.4, -0.2) is 101 Å². The van der Waals surface area contributed by atoms with Crippen LogP contribution in [0.2, 0.25) is 15.7 Å². The van der Waals surface area contributed by atoms with Gasteiger partial charge in [-0.1, -0.05) is 0 Å². The first-order valence-corrected chi connectivity index (χ1v) is 33.4. The SMILES string of the molecule is [O]=[Sn]([O][Sn]([O][Sn](=[O])[CH]1CCCC1)([O][Sn](=[O])[CH]1CCCC1)[O][Sn](=[O])[CH]1CCCC1)[CH]1CCCC1. The Morgan fingerprint density at radius 2 is 0.576 bits per heavy atom. The summed E-state index contributed by atoms with van der Waals surface area (Å²) in [5.74, 6) is 0. The third-order valence-corrected chi connectivity index (χ3v) is 61.6. The van der Waals surface area contributed by atoms with Crippen LogP contribution in [0.25, 0.3) is 0 Å². The third-order valence-electron chi connectivity index (χ3n) is 7.66. The zero-order valence-electron chi connectivity index (χ0n) is 19.4. The summed E-state index contributed by atoms with van der Waals surface area (Å²) in [6.07, 6.45) is 15.2. The van der Waals surface area contributed by atoms with Gasteiger partial charge < -0.3 is 0 Å². The monoisotopic (exact) mass is 1000 g/mol. The Hall–Kier alpha value is 3.03. The molecule has 33 heavy (non-hydrogen) atoms. The fraction of sp³-hybridized carbons (Fsp3) is 1.00. The van der Waals surface area contributed by atoms with Gasteiger partial charge in [0.2, 0.25) is 0 Å². The second kappa shape index (κ2) is 14.4. The Kier molecular flexibility index (Phi) is 12.7. The average molecular weight is 998 g/mol. The molecule has 4 rings (SSSR count). The molecule has 0 unspecified atom stereocenters. The van der Waals surface area contributed by atoms with Crippen molar-refractivity contribution in [1.82, 2.24) is 0 Å². The summed E-state index contributed by atoms with van der Waals surface area (Å²) in [6, 6.07) is 0. The summed E-state index contributed by atoms with van der Waals surface area (Å²) in [5, 5.41) is 0. The Labute approximate surface area is 233 Å². The Morgan fingerprint density at radius 3 is 0.758 bits per heavy atom. The predicted octanol–water partition coefficient (Wildman–Crippen LogP) is 4.94. The third kappa shape index (κ3) is 8.51. The maximum absolute atomic E-state index is 13.4. The van der Waals surface area contributed by atoms with E-state index in [-0.39, 0.29) is 15.7 Å². The van der Waals surface area contributed by atoms with Gasteiger partial charge in [0, 0.05) is 0 Å². The van der Waals surface area contributed by atoms with Crippen LogP contribution in [-0.2, 0) is 18.0 Å². The Balaban J connectivity index is 1.58. The summed E-state index contributed by atoms with van der Waals surface area (Å²) in [6.45, 7) is 0. The fourth-order valence-corrected chi connectivity index (χ4v) is 89.6. The second-order valence-electron chi connectivity index (χ2n) is 10.1.